The number of piperazine rings is 1. The number of likely N-dealkylation sites (N-methyl/N-ethyl adjacent to an activating group) is 1. The second kappa shape index (κ2) is 10.7. The third kappa shape index (κ3) is 5.59. The maximum Gasteiger partial charge on any atom is 0.236 e. The number of amides is 2. The zero-order valence-corrected chi connectivity index (χ0v) is 20.1. The van der Waals surface area contributed by atoms with Crippen molar-refractivity contribution in [2.24, 2.45) is 5.92 Å². The summed E-state index contributed by atoms with van der Waals surface area (Å²) in [6, 6.07) is 6.16. The molecule has 0 saturated carbocycles. The van der Waals surface area contributed by atoms with Gasteiger partial charge in [-0.2, -0.15) is 0 Å². The van der Waals surface area contributed by atoms with Crippen molar-refractivity contribution >= 4 is 17.5 Å². The van der Waals surface area contributed by atoms with Gasteiger partial charge in [-0.1, -0.05) is 6.07 Å². The predicted molar refractivity (Wildman–Crippen MR) is 127 cm³/mol. The summed E-state index contributed by atoms with van der Waals surface area (Å²) < 4.78 is 10.8. The molecule has 4 rings (SSSR count). The minimum Gasteiger partial charge on any atom is -0.497 e. The number of benzene rings is 1. The molecule has 0 aromatic heterocycles. The molecule has 9 nitrogen and oxygen atoms in total. The Morgan fingerprint density at radius 1 is 1.18 bits per heavy atom. The summed E-state index contributed by atoms with van der Waals surface area (Å²) in [6.45, 7) is 6.62. The molecule has 3 aliphatic heterocycles. The molecule has 3 aliphatic rings. The van der Waals surface area contributed by atoms with Gasteiger partial charge in [0.05, 0.1) is 38.8 Å². The van der Waals surface area contributed by atoms with E-state index in [1.807, 2.05) is 25.1 Å². The zero-order valence-electron chi connectivity index (χ0n) is 20.1. The third-order valence-electron chi connectivity index (χ3n) is 6.93. The lowest BCUT2D eigenvalue weighted by atomic mass is 9.83. The summed E-state index contributed by atoms with van der Waals surface area (Å²) in [5.74, 6) is 0.909. The number of carbonyl (C=O) groups excluding carboxylic acids is 2. The van der Waals surface area contributed by atoms with Crippen LogP contribution in [-0.4, -0.2) is 119 Å². The lowest BCUT2D eigenvalue weighted by molar-refractivity contribution is -0.136. The summed E-state index contributed by atoms with van der Waals surface area (Å²) in [5, 5.41) is 3.14. The van der Waals surface area contributed by atoms with Gasteiger partial charge in [0, 0.05) is 57.6 Å². The number of anilines is 1. The van der Waals surface area contributed by atoms with Crippen LogP contribution in [0.4, 0.5) is 5.69 Å². The van der Waals surface area contributed by atoms with Crippen LogP contribution in [0.1, 0.15) is 5.56 Å². The molecule has 0 bridgehead atoms. The van der Waals surface area contributed by atoms with Crippen molar-refractivity contribution in [3.63, 3.8) is 0 Å². The molecule has 2 unspecified atom stereocenters. The van der Waals surface area contributed by atoms with E-state index in [1.54, 1.807) is 7.11 Å². The largest absolute Gasteiger partial charge is 0.497 e. The van der Waals surface area contributed by atoms with Gasteiger partial charge in [-0.3, -0.25) is 14.5 Å². The van der Waals surface area contributed by atoms with Gasteiger partial charge in [-0.05, 0) is 32.1 Å². The number of nitrogens with zero attached hydrogens (tertiary/aromatic N) is 4. The Hall–Kier alpha value is -2.36. The highest BCUT2D eigenvalue weighted by molar-refractivity contribution is 5.82. The van der Waals surface area contributed by atoms with Crippen LogP contribution in [0.5, 0.6) is 5.75 Å². The van der Waals surface area contributed by atoms with Crippen molar-refractivity contribution in [3.8, 4) is 5.75 Å². The molecule has 1 aromatic carbocycles. The van der Waals surface area contributed by atoms with E-state index in [0.717, 1.165) is 31.1 Å². The van der Waals surface area contributed by atoms with Gasteiger partial charge >= 0.3 is 0 Å². The molecule has 3 heterocycles. The molecule has 0 spiro atoms. The maximum atomic E-state index is 13.3. The van der Waals surface area contributed by atoms with Crippen molar-refractivity contribution in [2.45, 2.75) is 12.5 Å². The fourth-order valence-corrected chi connectivity index (χ4v) is 5.05. The molecule has 0 aliphatic carbocycles. The van der Waals surface area contributed by atoms with E-state index in [1.165, 1.54) is 5.56 Å². The van der Waals surface area contributed by atoms with Crippen molar-refractivity contribution in [1.29, 1.82) is 0 Å². The summed E-state index contributed by atoms with van der Waals surface area (Å²) in [7, 11) is 5.68. The second-order valence-corrected chi connectivity index (χ2v) is 9.39. The highest BCUT2D eigenvalue weighted by atomic mass is 16.5. The van der Waals surface area contributed by atoms with Crippen LogP contribution in [0.2, 0.25) is 0 Å². The Balaban J connectivity index is 1.50. The van der Waals surface area contributed by atoms with Gasteiger partial charge in [0.1, 0.15) is 5.75 Å². The molecular formula is C24H37N5O4. The van der Waals surface area contributed by atoms with E-state index in [9.17, 15) is 9.59 Å². The number of carbonyl (C=O) groups is 2. The summed E-state index contributed by atoms with van der Waals surface area (Å²) in [5.41, 5.74) is 2.33. The van der Waals surface area contributed by atoms with Crippen LogP contribution in [0.15, 0.2) is 18.2 Å². The normalized spacial score (nSPS) is 23.2. The van der Waals surface area contributed by atoms with Gasteiger partial charge < -0.3 is 29.5 Å². The quantitative estimate of drug-likeness (QED) is 0.610. The van der Waals surface area contributed by atoms with E-state index in [-0.39, 0.29) is 23.8 Å². The van der Waals surface area contributed by atoms with E-state index in [4.69, 9.17) is 9.47 Å². The van der Waals surface area contributed by atoms with Gasteiger partial charge in [0.25, 0.3) is 0 Å². The maximum absolute atomic E-state index is 13.3. The van der Waals surface area contributed by atoms with Crippen LogP contribution in [-0.2, 0) is 20.7 Å². The van der Waals surface area contributed by atoms with Crippen molar-refractivity contribution in [3.05, 3.63) is 23.8 Å². The second-order valence-electron chi connectivity index (χ2n) is 9.39. The molecule has 2 amide bonds. The van der Waals surface area contributed by atoms with Crippen LogP contribution < -0.4 is 15.0 Å². The average Bonchev–Trinajstić information content (AvgIpc) is 2.83. The van der Waals surface area contributed by atoms with Crippen LogP contribution in [0.3, 0.4) is 0 Å². The SMILES string of the molecule is COc1ccc2c(c1)N1CCN(CC(=O)N3CCOCC3)CC1C(C(=O)NCCN(C)C)C2. The van der Waals surface area contributed by atoms with Crippen molar-refractivity contribution in [1.82, 2.24) is 20.0 Å². The molecule has 2 fully saturated rings. The Bertz CT molecular complexity index is 842. The van der Waals surface area contributed by atoms with Crippen molar-refractivity contribution in [2.75, 3.05) is 91.7 Å². The highest BCUT2D eigenvalue weighted by Gasteiger charge is 2.42. The number of nitrogens with one attached hydrogen (secondary N) is 1. The lowest BCUT2D eigenvalue weighted by Gasteiger charge is -2.49. The van der Waals surface area contributed by atoms with Gasteiger partial charge in [-0.15, -0.1) is 0 Å². The molecule has 33 heavy (non-hydrogen) atoms. The number of ether oxygens (including phenoxy) is 2. The number of methoxy groups -OCH3 is 1. The molecule has 2 saturated heterocycles. The molecule has 1 N–H and O–H groups in total. The molecular weight excluding hydrogens is 422 g/mol. The van der Waals surface area contributed by atoms with Crippen LogP contribution in [0.25, 0.3) is 0 Å². The Morgan fingerprint density at radius 2 is 1.97 bits per heavy atom. The molecule has 182 valence electrons. The monoisotopic (exact) mass is 459 g/mol. The van der Waals surface area contributed by atoms with Crippen LogP contribution >= 0.6 is 0 Å². The minimum absolute atomic E-state index is 0.0233. The number of morpholine rings is 1. The number of hydrogen-bond donors (Lipinski definition) is 1. The fourth-order valence-electron chi connectivity index (χ4n) is 5.05. The van der Waals surface area contributed by atoms with E-state index < -0.39 is 0 Å². The number of fused-ring (bicyclic) bond motifs is 3. The standard InChI is InChI=1S/C24H37N5O4/c1-26(2)7-6-25-24(31)20-14-18-4-5-19(32-3)15-21(18)29-9-8-27(16-22(20)29)17-23(30)28-10-12-33-13-11-28/h4-5,15,20,22H,6-14,16-17H2,1-3H3,(H,25,31). The third-order valence-corrected chi connectivity index (χ3v) is 6.93. The first-order valence-corrected chi connectivity index (χ1v) is 11.9. The highest BCUT2D eigenvalue weighted by Crippen LogP contribution is 2.38. The van der Waals surface area contributed by atoms with Gasteiger partial charge in [-0.25, -0.2) is 0 Å². The minimum atomic E-state index is -0.158. The molecule has 9 heteroatoms. The fraction of sp³-hybridized carbons (Fsp3) is 0.667. The van der Waals surface area contributed by atoms with Crippen LogP contribution in [0, 0.1) is 5.92 Å². The molecule has 1 aromatic rings. The zero-order chi connectivity index (χ0) is 23.4. The smallest absolute Gasteiger partial charge is 0.236 e. The summed E-state index contributed by atoms with van der Waals surface area (Å²) >= 11 is 0. The topological polar surface area (TPSA) is 77.6 Å². The summed E-state index contributed by atoms with van der Waals surface area (Å²) in [6.07, 6.45) is 0.694. The van der Waals surface area contributed by atoms with E-state index >= 15 is 0 Å². The number of rotatable bonds is 7. The van der Waals surface area contributed by atoms with E-state index in [2.05, 4.69) is 32.1 Å². The molecule has 2 atom stereocenters. The lowest BCUT2D eigenvalue weighted by Crippen LogP contribution is -2.62. The molecule has 0 radical (unpaired) electrons. The van der Waals surface area contributed by atoms with E-state index in [0.29, 0.717) is 52.4 Å². The number of hydrogen-bond acceptors (Lipinski definition) is 7. The Morgan fingerprint density at radius 3 is 2.70 bits per heavy atom. The average molecular weight is 460 g/mol. The van der Waals surface area contributed by atoms with Gasteiger partial charge in [0.2, 0.25) is 11.8 Å². The first-order chi connectivity index (χ1) is 16.0. The van der Waals surface area contributed by atoms with Crippen molar-refractivity contribution < 1.29 is 19.1 Å². The van der Waals surface area contributed by atoms with Gasteiger partial charge in [0.15, 0.2) is 0 Å². The summed E-state index contributed by atoms with van der Waals surface area (Å²) in [4.78, 5) is 34.6. The first-order valence-electron chi connectivity index (χ1n) is 11.9. The first kappa shape index (κ1) is 23.8. The Kier molecular flexibility index (Phi) is 7.72. The predicted octanol–water partition coefficient (Wildman–Crippen LogP) is -0.105. The Labute approximate surface area is 196 Å².